The number of nitrogens with one attached hydrogen (secondary N) is 4. The Hall–Kier alpha value is -2.16. The second kappa shape index (κ2) is 9.56. The molecular formula is C21H26ClN5O2. The van der Waals surface area contributed by atoms with Crippen molar-refractivity contribution < 1.29 is 9.53 Å². The second-order valence-corrected chi connectivity index (χ2v) is 7.81. The highest BCUT2D eigenvalue weighted by molar-refractivity contribution is 6.31. The van der Waals surface area contributed by atoms with Gasteiger partial charge < -0.3 is 10.1 Å². The maximum absolute atomic E-state index is 12.2. The van der Waals surface area contributed by atoms with Crippen LogP contribution in [0.25, 0.3) is 0 Å². The van der Waals surface area contributed by atoms with E-state index in [0.717, 1.165) is 29.7 Å². The van der Waals surface area contributed by atoms with E-state index >= 15 is 0 Å². The summed E-state index contributed by atoms with van der Waals surface area (Å²) in [5.41, 5.74) is 11.3. The average Bonchev–Trinajstić information content (AvgIpc) is 3.40. The van der Waals surface area contributed by atoms with E-state index in [1.54, 1.807) is 5.12 Å². The van der Waals surface area contributed by atoms with E-state index in [9.17, 15) is 4.79 Å². The van der Waals surface area contributed by atoms with Crippen molar-refractivity contribution >= 4 is 17.5 Å². The van der Waals surface area contributed by atoms with Crippen LogP contribution in [0.4, 0.5) is 0 Å². The predicted molar refractivity (Wildman–Crippen MR) is 111 cm³/mol. The molecule has 2 aromatic rings. The van der Waals surface area contributed by atoms with Crippen molar-refractivity contribution in [3.05, 3.63) is 64.7 Å². The summed E-state index contributed by atoms with van der Waals surface area (Å²) in [6.07, 6.45) is 4.43. The molecule has 0 radical (unpaired) electrons. The Morgan fingerprint density at radius 3 is 2.66 bits per heavy atom. The molecule has 1 atom stereocenters. The van der Waals surface area contributed by atoms with Crippen LogP contribution < -0.4 is 26.4 Å². The summed E-state index contributed by atoms with van der Waals surface area (Å²) in [6.45, 7) is 0.656. The quantitative estimate of drug-likeness (QED) is 0.557. The SMILES string of the molecule is O=C(CN1NNC(c2ccc(OCc3ccccc3Cl)cc2)N1)NC1CCCC1. The summed E-state index contributed by atoms with van der Waals surface area (Å²) in [4.78, 5) is 12.2. The zero-order chi connectivity index (χ0) is 20.1. The highest BCUT2D eigenvalue weighted by atomic mass is 35.5. The predicted octanol–water partition coefficient (Wildman–Crippen LogP) is 2.81. The Bertz CT molecular complexity index is 826. The lowest BCUT2D eigenvalue weighted by Gasteiger charge is -2.17. The first-order chi connectivity index (χ1) is 14.2. The average molecular weight is 416 g/mol. The summed E-state index contributed by atoms with van der Waals surface area (Å²) in [7, 11) is 0. The van der Waals surface area contributed by atoms with Crippen LogP contribution >= 0.6 is 11.6 Å². The third kappa shape index (κ3) is 5.46. The van der Waals surface area contributed by atoms with Crippen LogP contribution in [0.3, 0.4) is 0 Å². The topological polar surface area (TPSA) is 77.7 Å². The van der Waals surface area contributed by atoms with E-state index in [2.05, 4.69) is 21.7 Å². The van der Waals surface area contributed by atoms with Crippen molar-refractivity contribution in [2.75, 3.05) is 6.54 Å². The molecule has 1 aliphatic carbocycles. The molecule has 29 heavy (non-hydrogen) atoms. The fourth-order valence-corrected chi connectivity index (χ4v) is 3.82. The van der Waals surface area contributed by atoms with Gasteiger partial charge in [-0.15, -0.1) is 0 Å². The van der Waals surface area contributed by atoms with E-state index in [0.29, 0.717) is 17.7 Å². The van der Waals surface area contributed by atoms with Gasteiger partial charge in [0.05, 0.1) is 0 Å². The van der Waals surface area contributed by atoms with Gasteiger partial charge in [-0.25, -0.2) is 10.9 Å². The Kier molecular flexibility index (Phi) is 6.63. The summed E-state index contributed by atoms with van der Waals surface area (Å²) in [6, 6.07) is 15.8. The molecule has 1 saturated heterocycles. The zero-order valence-corrected chi connectivity index (χ0v) is 16.9. The zero-order valence-electron chi connectivity index (χ0n) is 16.2. The molecule has 1 saturated carbocycles. The van der Waals surface area contributed by atoms with Crippen LogP contribution in [0, 0.1) is 0 Å². The van der Waals surface area contributed by atoms with Crippen LogP contribution in [-0.4, -0.2) is 23.6 Å². The van der Waals surface area contributed by atoms with Crippen LogP contribution in [0.15, 0.2) is 48.5 Å². The molecule has 8 heteroatoms. The molecule has 2 aliphatic rings. The van der Waals surface area contributed by atoms with Gasteiger partial charge in [-0.05, 0) is 36.6 Å². The number of ether oxygens (including phenoxy) is 1. The number of nitrogens with zero attached hydrogens (tertiary/aromatic N) is 1. The van der Waals surface area contributed by atoms with Gasteiger partial charge in [0.15, 0.2) is 0 Å². The van der Waals surface area contributed by atoms with E-state index in [4.69, 9.17) is 16.3 Å². The molecule has 0 aromatic heterocycles. The summed E-state index contributed by atoms with van der Waals surface area (Å²) in [5.74, 6) is 0.787. The molecule has 154 valence electrons. The maximum Gasteiger partial charge on any atom is 0.237 e. The highest BCUT2D eigenvalue weighted by Gasteiger charge is 2.25. The smallest absolute Gasteiger partial charge is 0.237 e. The summed E-state index contributed by atoms with van der Waals surface area (Å²) in [5, 5.41) is 5.45. The molecular weight excluding hydrogens is 390 g/mol. The Morgan fingerprint density at radius 2 is 1.90 bits per heavy atom. The first-order valence-corrected chi connectivity index (χ1v) is 10.4. The monoisotopic (exact) mass is 415 g/mol. The van der Waals surface area contributed by atoms with Crippen LogP contribution in [0.1, 0.15) is 43.0 Å². The first kappa shape index (κ1) is 20.1. The number of amides is 1. The third-order valence-electron chi connectivity index (χ3n) is 5.22. The number of rotatable bonds is 7. The van der Waals surface area contributed by atoms with Crippen molar-refractivity contribution in [1.82, 2.24) is 26.8 Å². The standard InChI is InChI=1S/C21H26ClN5O2/c22-19-8-4-1-5-16(19)14-29-18-11-9-15(10-12-18)21-24-26-27(25-21)13-20(28)23-17-6-2-3-7-17/h1,4-5,8-12,17,21,24-26H,2-3,6-7,13-14H2,(H,23,28). The number of halogens is 1. The van der Waals surface area contributed by atoms with Crippen molar-refractivity contribution in [1.29, 1.82) is 0 Å². The molecule has 4 N–H and O–H groups in total. The lowest BCUT2D eigenvalue weighted by molar-refractivity contribution is -0.124. The van der Waals surface area contributed by atoms with E-state index in [1.807, 2.05) is 48.5 Å². The molecule has 0 bridgehead atoms. The Labute approximate surface area is 175 Å². The van der Waals surface area contributed by atoms with Gasteiger partial charge >= 0.3 is 0 Å². The van der Waals surface area contributed by atoms with Crippen molar-refractivity contribution in [3.8, 4) is 5.75 Å². The molecule has 7 nitrogen and oxygen atoms in total. The molecule has 1 aliphatic heterocycles. The minimum atomic E-state index is -0.133. The minimum absolute atomic E-state index is 0.0164. The normalized spacial score (nSPS) is 20.1. The number of hydrogen-bond donors (Lipinski definition) is 4. The van der Waals surface area contributed by atoms with Gasteiger partial charge in [0.1, 0.15) is 25.1 Å². The fraction of sp³-hybridized carbons (Fsp3) is 0.381. The first-order valence-electron chi connectivity index (χ1n) is 9.98. The van der Waals surface area contributed by atoms with E-state index in [-0.39, 0.29) is 18.6 Å². The highest BCUT2D eigenvalue weighted by Crippen LogP contribution is 2.21. The van der Waals surface area contributed by atoms with Gasteiger partial charge in [0.25, 0.3) is 0 Å². The van der Waals surface area contributed by atoms with Gasteiger partial charge in [-0.1, -0.05) is 54.8 Å². The number of carbonyl (C=O) groups excluding carboxylic acids is 1. The molecule has 1 unspecified atom stereocenters. The van der Waals surface area contributed by atoms with E-state index < -0.39 is 0 Å². The number of hydrazine groups is 3. The lowest BCUT2D eigenvalue weighted by Crippen LogP contribution is -2.48. The largest absolute Gasteiger partial charge is 0.489 e. The lowest BCUT2D eigenvalue weighted by atomic mass is 10.2. The van der Waals surface area contributed by atoms with Gasteiger partial charge in [0, 0.05) is 16.6 Å². The fourth-order valence-electron chi connectivity index (χ4n) is 3.63. The molecule has 2 aromatic carbocycles. The summed E-state index contributed by atoms with van der Waals surface area (Å²) < 4.78 is 5.82. The number of carbonyl (C=O) groups is 1. The van der Waals surface area contributed by atoms with Gasteiger partial charge in [-0.3, -0.25) is 4.79 Å². The molecule has 2 fully saturated rings. The summed E-state index contributed by atoms with van der Waals surface area (Å²) >= 11 is 6.16. The second-order valence-electron chi connectivity index (χ2n) is 7.40. The minimum Gasteiger partial charge on any atom is -0.489 e. The van der Waals surface area contributed by atoms with Crippen molar-refractivity contribution in [2.24, 2.45) is 0 Å². The van der Waals surface area contributed by atoms with Crippen LogP contribution in [0.5, 0.6) is 5.75 Å². The Balaban J connectivity index is 1.25. The molecule has 0 spiro atoms. The Morgan fingerprint density at radius 1 is 1.14 bits per heavy atom. The number of hydrogen-bond acceptors (Lipinski definition) is 6. The maximum atomic E-state index is 12.2. The van der Waals surface area contributed by atoms with Crippen molar-refractivity contribution in [2.45, 2.75) is 44.5 Å². The van der Waals surface area contributed by atoms with Crippen LogP contribution in [0.2, 0.25) is 5.02 Å². The molecule has 1 heterocycles. The van der Waals surface area contributed by atoms with E-state index in [1.165, 1.54) is 12.8 Å². The molecule has 4 rings (SSSR count). The van der Waals surface area contributed by atoms with Crippen LogP contribution in [-0.2, 0) is 11.4 Å². The molecule has 1 amide bonds. The van der Waals surface area contributed by atoms with Crippen molar-refractivity contribution in [3.63, 3.8) is 0 Å². The van der Waals surface area contributed by atoms with Gasteiger partial charge in [0.2, 0.25) is 5.91 Å². The van der Waals surface area contributed by atoms with Gasteiger partial charge in [-0.2, -0.15) is 10.7 Å². The number of benzene rings is 2. The third-order valence-corrected chi connectivity index (χ3v) is 5.59.